The molecule has 0 aromatic rings. The molecule has 4 heteroatoms. The van der Waals surface area contributed by atoms with Crippen LogP contribution in [0.4, 0.5) is 0 Å². The van der Waals surface area contributed by atoms with Gasteiger partial charge in [0, 0.05) is 18.6 Å². The maximum absolute atomic E-state index is 11.7. The summed E-state index contributed by atoms with van der Waals surface area (Å²) in [4.78, 5) is 14.2. The number of carbonyl (C=O) groups is 1. The number of methoxy groups -OCH3 is 1. The van der Waals surface area contributed by atoms with E-state index in [0.29, 0.717) is 12.1 Å². The van der Waals surface area contributed by atoms with E-state index in [1.54, 1.807) is 0 Å². The van der Waals surface area contributed by atoms with Gasteiger partial charge in [-0.25, -0.2) is 0 Å². The zero-order valence-electron chi connectivity index (χ0n) is 12.2. The Hall–Kier alpha value is -0.610. The average Bonchev–Trinajstić information content (AvgIpc) is 2.80. The summed E-state index contributed by atoms with van der Waals surface area (Å²) in [6.07, 6.45) is 4.64. The van der Waals surface area contributed by atoms with Gasteiger partial charge in [-0.2, -0.15) is 0 Å². The number of hydrogen-bond donors (Lipinski definition) is 1. The molecule has 0 amide bonds. The number of ether oxygens (including phenoxy) is 1. The number of likely N-dealkylation sites (tertiary alicyclic amines) is 1. The van der Waals surface area contributed by atoms with Gasteiger partial charge in [-0.05, 0) is 32.2 Å². The molecule has 1 aliphatic heterocycles. The summed E-state index contributed by atoms with van der Waals surface area (Å²) in [5.41, 5.74) is 0. The first-order valence-corrected chi connectivity index (χ1v) is 7.16. The summed E-state index contributed by atoms with van der Waals surface area (Å²) < 4.78 is 4.86. The molecule has 0 saturated carbocycles. The van der Waals surface area contributed by atoms with E-state index in [9.17, 15) is 4.79 Å². The second-order valence-corrected chi connectivity index (χ2v) is 5.43. The molecule has 2 unspecified atom stereocenters. The fourth-order valence-corrected chi connectivity index (χ4v) is 2.76. The minimum atomic E-state index is -0.173. The molecule has 1 fully saturated rings. The number of rotatable bonds is 7. The van der Waals surface area contributed by atoms with E-state index in [4.69, 9.17) is 4.74 Å². The summed E-state index contributed by atoms with van der Waals surface area (Å²) >= 11 is 0. The first kappa shape index (κ1) is 15.4. The first-order chi connectivity index (χ1) is 8.58. The standard InChI is InChI=1S/C14H28N2O2/c1-5-12-7-6-9-16(12)10-8-13(14(17)18-4)15-11(2)3/h11-13,15H,5-10H2,1-4H3. The van der Waals surface area contributed by atoms with Crippen molar-refractivity contribution in [1.82, 2.24) is 10.2 Å². The molecule has 1 saturated heterocycles. The van der Waals surface area contributed by atoms with E-state index in [2.05, 4.69) is 31.0 Å². The van der Waals surface area contributed by atoms with E-state index < -0.39 is 0 Å². The lowest BCUT2D eigenvalue weighted by Crippen LogP contribution is -2.44. The molecule has 1 aliphatic rings. The van der Waals surface area contributed by atoms with Gasteiger partial charge in [0.2, 0.25) is 0 Å². The van der Waals surface area contributed by atoms with E-state index in [-0.39, 0.29) is 12.0 Å². The van der Waals surface area contributed by atoms with Crippen LogP contribution in [0.5, 0.6) is 0 Å². The minimum absolute atomic E-state index is 0.143. The normalized spacial score (nSPS) is 22.4. The molecule has 106 valence electrons. The molecule has 0 bridgehead atoms. The maximum atomic E-state index is 11.7. The van der Waals surface area contributed by atoms with Crippen LogP contribution in [-0.4, -0.2) is 49.2 Å². The van der Waals surface area contributed by atoms with Crippen LogP contribution in [0.1, 0.15) is 46.5 Å². The van der Waals surface area contributed by atoms with Crippen LogP contribution in [-0.2, 0) is 9.53 Å². The van der Waals surface area contributed by atoms with Gasteiger partial charge >= 0.3 is 5.97 Å². The Morgan fingerprint density at radius 1 is 1.50 bits per heavy atom. The summed E-state index contributed by atoms with van der Waals surface area (Å²) in [5, 5.41) is 3.29. The molecule has 0 aliphatic carbocycles. The molecule has 1 heterocycles. The predicted octanol–water partition coefficient (Wildman–Crippen LogP) is 1.79. The van der Waals surface area contributed by atoms with Crippen LogP contribution in [0, 0.1) is 0 Å². The van der Waals surface area contributed by atoms with Gasteiger partial charge in [0.15, 0.2) is 0 Å². The van der Waals surface area contributed by atoms with Gasteiger partial charge in [0.05, 0.1) is 7.11 Å². The zero-order chi connectivity index (χ0) is 13.5. The quantitative estimate of drug-likeness (QED) is 0.705. The number of nitrogens with one attached hydrogen (secondary N) is 1. The van der Waals surface area contributed by atoms with Crippen molar-refractivity contribution in [3.8, 4) is 0 Å². The molecular formula is C14H28N2O2. The van der Waals surface area contributed by atoms with Gasteiger partial charge in [0.25, 0.3) is 0 Å². The Labute approximate surface area is 111 Å². The summed E-state index contributed by atoms with van der Waals surface area (Å²) in [5.74, 6) is -0.143. The summed E-state index contributed by atoms with van der Waals surface area (Å²) in [6, 6.07) is 0.838. The maximum Gasteiger partial charge on any atom is 0.322 e. The second-order valence-electron chi connectivity index (χ2n) is 5.43. The monoisotopic (exact) mass is 256 g/mol. The molecule has 2 atom stereocenters. The molecule has 0 radical (unpaired) electrons. The van der Waals surface area contributed by atoms with Crippen LogP contribution < -0.4 is 5.32 Å². The van der Waals surface area contributed by atoms with Crippen molar-refractivity contribution in [2.75, 3.05) is 20.2 Å². The van der Waals surface area contributed by atoms with Crippen molar-refractivity contribution in [2.24, 2.45) is 0 Å². The van der Waals surface area contributed by atoms with Crippen LogP contribution in [0.15, 0.2) is 0 Å². The third-order valence-corrected chi connectivity index (χ3v) is 3.70. The zero-order valence-corrected chi connectivity index (χ0v) is 12.2. The van der Waals surface area contributed by atoms with Gasteiger partial charge in [-0.1, -0.05) is 20.8 Å². The number of nitrogens with zero attached hydrogens (tertiary/aromatic N) is 1. The van der Waals surface area contributed by atoms with Crippen LogP contribution in [0.3, 0.4) is 0 Å². The number of carbonyl (C=O) groups excluding carboxylic acids is 1. The largest absolute Gasteiger partial charge is 0.468 e. The fraction of sp³-hybridized carbons (Fsp3) is 0.929. The molecule has 0 aromatic heterocycles. The fourth-order valence-electron chi connectivity index (χ4n) is 2.76. The predicted molar refractivity (Wildman–Crippen MR) is 73.6 cm³/mol. The van der Waals surface area contributed by atoms with Gasteiger partial charge in [-0.15, -0.1) is 0 Å². The lowest BCUT2D eigenvalue weighted by molar-refractivity contribution is -0.143. The molecule has 1 N–H and O–H groups in total. The van der Waals surface area contributed by atoms with Gasteiger partial charge in [0.1, 0.15) is 6.04 Å². The highest BCUT2D eigenvalue weighted by Gasteiger charge is 2.25. The van der Waals surface area contributed by atoms with Crippen molar-refractivity contribution < 1.29 is 9.53 Å². The number of esters is 1. The van der Waals surface area contributed by atoms with Crippen molar-refractivity contribution >= 4 is 5.97 Å². The molecule has 18 heavy (non-hydrogen) atoms. The Morgan fingerprint density at radius 2 is 2.22 bits per heavy atom. The highest BCUT2D eigenvalue weighted by molar-refractivity contribution is 5.75. The molecule has 4 nitrogen and oxygen atoms in total. The lowest BCUT2D eigenvalue weighted by Gasteiger charge is -2.26. The Bertz CT molecular complexity index is 256. The van der Waals surface area contributed by atoms with Crippen LogP contribution in [0.2, 0.25) is 0 Å². The van der Waals surface area contributed by atoms with E-state index in [1.807, 2.05) is 0 Å². The molecule has 0 aromatic carbocycles. The van der Waals surface area contributed by atoms with Crippen molar-refractivity contribution in [3.63, 3.8) is 0 Å². The molecular weight excluding hydrogens is 228 g/mol. The van der Waals surface area contributed by atoms with Crippen LogP contribution in [0.25, 0.3) is 0 Å². The van der Waals surface area contributed by atoms with Crippen molar-refractivity contribution in [2.45, 2.75) is 64.6 Å². The van der Waals surface area contributed by atoms with Gasteiger partial charge < -0.3 is 15.0 Å². The van der Waals surface area contributed by atoms with E-state index in [0.717, 1.165) is 13.0 Å². The first-order valence-electron chi connectivity index (χ1n) is 7.16. The van der Waals surface area contributed by atoms with Crippen molar-refractivity contribution in [1.29, 1.82) is 0 Å². The summed E-state index contributed by atoms with van der Waals surface area (Å²) in [7, 11) is 1.46. The third-order valence-electron chi connectivity index (χ3n) is 3.70. The topological polar surface area (TPSA) is 41.6 Å². The van der Waals surface area contributed by atoms with Gasteiger partial charge in [-0.3, -0.25) is 4.79 Å². The van der Waals surface area contributed by atoms with Crippen molar-refractivity contribution in [3.05, 3.63) is 0 Å². The molecule has 0 spiro atoms. The number of hydrogen-bond acceptors (Lipinski definition) is 4. The average molecular weight is 256 g/mol. The van der Waals surface area contributed by atoms with E-state index in [1.165, 1.54) is 32.9 Å². The smallest absolute Gasteiger partial charge is 0.322 e. The minimum Gasteiger partial charge on any atom is -0.468 e. The second kappa shape index (κ2) is 7.74. The van der Waals surface area contributed by atoms with Crippen LogP contribution >= 0.6 is 0 Å². The highest BCUT2D eigenvalue weighted by Crippen LogP contribution is 2.20. The van der Waals surface area contributed by atoms with E-state index >= 15 is 0 Å². The summed E-state index contributed by atoms with van der Waals surface area (Å²) in [6.45, 7) is 8.51. The highest BCUT2D eigenvalue weighted by atomic mass is 16.5. The Morgan fingerprint density at radius 3 is 2.78 bits per heavy atom. The third kappa shape index (κ3) is 4.58. The SMILES string of the molecule is CCC1CCCN1CCC(NC(C)C)C(=O)OC. The molecule has 1 rings (SSSR count). The Balaban J connectivity index is 2.43. The Kier molecular flexibility index (Phi) is 6.65. The lowest BCUT2D eigenvalue weighted by atomic mass is 10.1.